The van der Waals surface area contributed by atoms with Gasteiger partial charge in [-0.3, -0.25) is 4.79 Å². The third-order valence-corrected chi connectivity index (χ3v) is 7.27. The highest BCUT2D eigenvalue weighted by Gasteiger charge is 2.23. The molecule has 1 N–H and O–H groups in total. The Kier molecular flexibility index (Phi) is 9.33. The number of halogens is 2. The van der Waals surface area contributed by atoms with Crippen LogP contribution in [0, 0.1) is 5.82 Å². The second-order valence-electron chi connectivity index (χ2n) is 8.86. The Balaban J connectivity index is 1.48. The summed E-state index contributed by atoms with van der Waals surface area (Å²) in [6, 6.07) is 16.6. The summed E-state index contributed by atoms with van der Waals surface area (Å²) in [6.45, 7) is 3.87. The number of rotatable bonds is 10. The number of benzene rings is 2. The minimum absolute atomic E-state index is 0.0557. The van der Waals surface area contributed by atoms with E-state index in [1.807, 2.05) is 17.5 Å². The van der Waals surface area contributed by atoms with Crippen LogP contribution in [0.1, 0.15) is 23.3 Å². The van der Waals surface area contributed by atoms with Crippen molar-refractivity contribution < 1.29 is 14.0 Å². The Labute approximate surface area is 220 Å². The van der Waals surface area contributed by atoms with Crippen molar-refractivity contribution in [2.45, 2.75) is 25.9 Å². The molecule has 3 aromatic rings. The summed E-state index contributed by atoms with van der Waals surface area (Å²) in [7, 11) is 0. The molecule has 6 nitrogen and oxygen atoms in total. The normalized spacial score (nSPS) is 13.5. The predicted molar refractivity (Wildman–Crippen MR) is 143 cm³/mol. The lowest BCUT2D eigenvalue weighted by molar-refractivity contribution is -0.133. The van der Waals surface area contributed by atoms with Crippen LogP contribution in [-0.4, -0.2) is 59.4 Å². The fraction of sp³-hybridized carbons (Fsp3) is 0.333. The molecule has 1 aliphatic rings. The van der Waals surface area contributed by atoms with Crippen LogP contribution in [0.4, 0.5) is 14.9 Å². The number of nitrogens with zero attached hydrogens (tertiary/aromatic N) is 3. The minimum atomic E-state index is -0.331. The summed E-state index contributed by atoms with van der Waals surface area (Å²) in [5.74, 6) is -0.484. The maximum absolute atomic E-state index is 13.6. The van der Waals surface area contributed by atoms with E-state index < -0.39 is 0 Å². The van der Waals surface area contributed by atoms with Crippen molar-refractivity contribution in [3.63, 3.8) is 0 Å². The van der Waals surface area contributed by atoms with Gasteiger partial charge in [-0.2, -0.15) is 0 Å². The van der Waals surface area contributed by atoms with E-state index in [1.165, 1.54) is 12.1 Å². The molecule has 3 amide bonds. The van der Waals surface area contributed by atoms with Crippen LogP contribution >= 0.6 is 22.9 Å². The fourth-order valence-corrected chi connectivity index (χ4v) is 5.00. The number of anilines is 1. The first kappa shape index (κ1) is 26.1. The molecule has 2 aromatic carbocycles. The standard InChI is InChI=1S/C27H30ClFN4O2S/c28-22-7-11-24(12-8-22)30-27(35)32(16-15-31-13-1-2-14-31)20-26(34)33(19-25-4-3-17-36-25)18-21-5-9-23(29)10-6-21/h3-12,17H,1-2,13-16,18-20H2,(H,30,35). The van der Waals surface area contributed by atoms with E-state index in [9.17, 15) is 14.0 Å². The van der Waals surface area contributed by atoms with E-state index in [2.05, 4.69) is 10.2 Å². The topological polar surface area (TPSA) is 55.9 Å². The zero-order chi connectivity index (χ0) is 25.3. The maximum atomic E-state index is 13.6. The molecule has 1 aliphatic heterocycles. The molecular formula is C27H30ClFN4O2S. The molecule has 0 bridgehead atoms. The van der Waals surface area contributed by atoms with Crippen LogP contribution in [0.15, 0.2) is 66.0 Å². The van der Waals surface area contributed by atoms with Gasteiger partial charge >= 0.3 is 6.03 Å². The van der Waals surface area contributed by atoms with Gasteiger partial charge in [0.25, 0.3) is 0 Å². The van der Waals surface area contributed by atoms with E-state index in [0.717, 1.165) is 36.4 Å². The minimum Gasteiger partial charge on any atom is -0.332 e. The third kappa shape index (κ3) is 7.78. The highest BCUT2D eigenvalue weighted by atomic mass is 35.5. The summed E-state index contributed by atoms with van der Waals surface area (Å²) >= 11 is 7.54. The number of hydrogen-bond acceptors (Lipinski definition) is 4. The first-order valence-electron chi connectivity index (χ1n) is 12.0. The maximum Gasteiger partial charge on any atom is 0.322 e. The van der Waals surface area contributed by atoms with Crippen LogP contribution in [0.2, 0.25) is 5.02 Å². The van der Waals surface area contributed by atoms with E-state index in [-0.39, 0.29) is 24.3 Å². The third-order valence-electron chi connectivity index (χ3n) is 6.16. The van der Waals surface area contributed by atoms with Crippen molar-refractivity contribution >= 4 is 40.6 Å². The van der Waals surface area contributed by atoms with Gasteiger partial charge in [-0.15, -0.1) is 11.3 Å². The lowest BCUT2D eigenvalue weighted by atomic mass is 10.2. The van der Waals surface area contributed by atoms with Crippen molar-refractivity contribution in [3.8, 4) is 0 Å². The molecule has 0 radical (unpaired) electrons. The molecule has 0 unspecified atom stereocenters. The summed E-state index contributed by atoms with van der Waals surface area (Å²) in [4.78, 5) is 33.4. The quantitative estimate of drug-likeness (QED) is 0.367. The number of amides is 3. The molecule has 0 atom stereocenters. The Morgan fingerprint density at radius 1 is 0.972 bits per heavy atom. The van der Waals surface area contributed by atoms with Crippen molar-refractivity contribution in [2.24, 2.45) is 0 Å². The van der Waals surface area contributed by atoms with Gasteiger partial charge in [-0.1, -0.05) is 29.8 Å². The average molecular weight is 529 g/mol. The highest BCUT2D eigenvalue weighted by molar-refractivity contribution is 7.09. The summed E-state index contributed by atoms with van der Waals surface area (Å²) in [6.07, 6.45) is 2.31. The average Bonchev–Trinajstić information content (AvgIpc) is 3.58. The van der Waals surface area contributed by atoms with Crippen LogP contribution in [-0.2, 0) is 17.9 Å². The molecule has 1 aromatic heterocycles. The van der Waals surface area contributed by atoms with Crippen molar-refractivity contribution in [2.75, 3.05) is 38.0 Å². The Morgan fingerprint density at radius 2 is 1.69 bits per heavy atom. The number of thiophene rings is 1. The molecule has 0 saturated carbocycles. The zero-order valence-electron chi connectivity index (χ0n) is 20.0. The Hall–Kier alpha value is -2.94. The first-order valence-corrected chi connectivity index (χ1v) is 13.3. The van der Waals surface area contributed by atoms with Gasteiger partial charge in [0.15, 0.2) is 0 Å². The van der Waals surface area contributed by atoms with Crippen LogP contribution in [0.5, 0.6) is 0 Å². The van der Waals surface area contributed by atoms with Gasteiger partial charge in [0.05, 0.1) is 6.54 Å². The monoisotopic (exact) mass is 528 g/mol. The molecule has 1 saturated heterocycles. The molecule has 4 rings (SSSR count). The predicted octanol–water partition coefficient (Wildman–Crippen LogP) is 5.70. The zero-order valence-corrected chi connectivity index (χ0v) is 21.6. The molecule has 1 fully saturated rings. The summed E-state index contributed by atoms with van der Waals surface area (Å²) in [5, 5.41) is 5.44. The van der Waals surface area contributed by atoms with Gasteiger partial charge in [0.1, 0.15) is 12.4 Å². The number of carbonyl (C=O) groups is 2. The first-order chi connectivity index (χ1) is 17.5. The SMILES string of the molecule is O=C(CN(CCN1CCCC1)C(=O)Nc1ccc(Cl)cc1)N(Cc1ccc(F)cc1)Cc1cccs1. The lowest BCUT2D eigenvalue weighted by Crippen LogP contribution is -2.46. The number of hydrogen-bond donors (Lipinski definition) is 1. The summed E-state index contributed by atoms with van der Waals surface area (Å²) < 4.78 is 13.4. The number of urea groups is 1. The van der Waals surface area contributed by atoms with Crippen LogP contribution in [0.3, 0.4) is 0 Å². The molecule has 2 heterocycles. The van der Waals surface area contributed by atoms with E-state index >= 15 is 0 Å². The van der Waals surface area contributed by atoms with Crippen molar-refractivity contribution in [1.82, 2.24) is 14.7 Å². The molecule has 36 heavy (non-hydrogen) atoms. The molecule has 9 heteroatoms. The highest BCUT2D eigenvalue weighted by Crippen LogP contribution is 2.17. The van der Waals surface area contributed by atoms with Crippen LogP contribution < -0.4 is 5.32 Å². The summed E-state index contributed by atoms with van der Waals surface area (Å²) in [5.41, 5.74) is 1.44. The Bertz CT molecular complexity index is 1120. The van der Waals surface area contributed by atoms with E-state index in [0.29, 0.717) is 36.9 Å². The largest absolute Gasteiger partial charge is 0.332 e. The second-order valence-corrected chi connectivity index (χ2v) is 10.3. The lowest BCUT2D eigenvalue weighted by Gasteiger charge is -2.29. The number of carbonyl (C=O) groups excluding carboxylic acids is 2. The van der Waals surface area contributed by atoms with E-state index in [1.54, 1.807) is 57.5 Å². The van der Waals surface area contributed by atoms with Crippen molar-refractivity contribution in [3.05, 3.63) is 87.3 Å². The molecular weight excluding hydrogens is 499 g/mol. The number of nitrogens with one attached hydrogen (secondary N) is 1. The van der Waals surface area contributed by atoms with Crippen LogP contribution in [0.25, 0.3) is 0 Å². The van der Waals surface area contributed by atoms with Gasteiger partial charge in [0, 0.05) is 35.2 Å². The molecule has 0 aliphatic carbocycles. The molecule has 0 spiro atoms. The van der Waals surface area contributed by atoms with Gasteiger partial charge in [-0.25, -0.2) is 9.18 Å². The fourth-order valence-electron chi connectivity index (χ4n) is 4.15. The molecule has 190 valence electrons. The second kappa shape index (κ2) is 12.9. The van der Waals surface area contributed by atoms with E-state index in [4.69, 9.17) is 11.6 Å². The van der Waals surface area contributed by atoms with Gasteiger partial charge in [0.2, 0.25) is 5.91 Å². The van der Waals surface area contributed by atoms with Gasteiger partial charge < -0.3 is 20.0 Å². The Morgan fingerprint density at radius 3 is 2.36 bits per heavy atom. The number of likely N-dealkylation sites (tertiary alicyclic amines) is 1. The smallest absolute Gasteiger partial charge is 0.322 e. The van der Waals surface area contributed by atoms with Gasteiger partial charge in [-0.05, 0) is 79.3 Å². The van der Waals surface area contributed by atoms with Crippen molar-refractivity contribution in [1.29, 1.82) is 0 Å².